The fraction of sp³-hybridized carbons (Fsp3) is 0.111. The minimum absolute atomic E-state index is 0.153. The highest BCUT2D eigenvalue weighted by Gasteiger charge is 2.12. The first-order chi connectivity index (χ1) is 12.9. The molecule has 2 amide bonds. The highest BCUT2D eigenvalue weighted by molar-refractivity contribution is 7.80. The van der Waals surface area contributed by atoms with Crippen molar-refractivity contribution in [2.24, 2.45) is 0 Å². The van der Waals surface area contributed by atoms with Crippen LogP contribution in [0.5, 0.6) is 5.75 Å². The van der Waals surface area contributed by atoms with Gasteiger partial charge in [0, 0.05) is 18.3 Å². The van der Waals surface area contributed by atoms with Gasteiger partial charge in [0.25, 0.3) is 5.91 Å². The quantitative estimate of drug-likeness (QED) is 0.585. The van der Waals surface area contributed by atoms with Crippen molar-refractivity contribution < 1.29 is 14.3 Å². The lowest BCUT2D eigenvalue weighted by molar-refractivity contribution is -0.117. The summed E-state index contributed by atoms with van der Waals surface area (Å²) >= 11 is 10.2. The maximum absolute atomic E-state index is 12.3. The molecular formula is C18H18N4O3S2. The van der Waals surface area contributed by atoms with Gasteiger partial charge < -0.3 is 20.7 Å². The van der Waals surface area contributed by atoms with E-state index in [2.05, 4.69) is 21.3 Å². The average molecular weight is 403 g/mol. The maximum atomic E-state index is 12.3. The van der Waals surface area contributed by atoms with Crippen molar-refractivity contribution in [1.29, 1.82) is 0 Å². The Labute approximate surface area is 167 Å². The van der Waals surface area contributed by atoms with E-state index in [-0.39, 0.29) is 22.0 Å². The van der Waals surface area contributed by atoms with Crippen LogP contribution in [-0.4, -0.2) is 29.1 Å². The summed E-state index contributed by atoms with van der Waals surface area (Å²) < 4.78 is 5.17. The molecule has 0 bridgehead atoms. The number of carbonyl (C=O) groups is 2. The summed E-state index contributed by atoms with van der Waals surface area (Å²) in [4.78, 5) is 23.3. The van der Waals surface area contributed by atoms with E-state index < -0.39 is 0 Å². The van der Waals surface area contributed by atoms with Crippen LogP contribution in [0.15, 0.2) is 48.5 Å². The summed E-state index contributed by atoms with van der Waals surface area (Å²) in [6.07, 6.45) is 0. The molecule has 0 aliphatic carbocycles. The van der Waals surface area contributed by atoms with Gasteiger partial charge in [-0.2, -0.15) is 0 Å². The predicted molar refractivity (Wildman–Crippen MR) is 113 cm³/mol. The van der Waals surface area contributed by atoms with Crippen LogP contribution in [0.3, 0.4) is 0 Å². The van der Waals surface area contributed by atoms with E-state index in [1.54, 1.807) is 48.5 Å². The molecule has 2 aromatic carbocycles. The first kappa shape index (κ1) is 20.3. The third-order valence-electron chi connectivity index (χ3n) is 3.27. The minimum atomic E-state index is -0.371. The summed E-state index contributed by atoms with van der Waals surface area (Å²) in [7, 11) is 1.50. The minimum Gasteiger partial charge on any atom is -0.496 e. The van der Waals surface area contributed by atoms with Gasteiger partial charge in [-0.25, -0.2) is 0 Å². The number of rotatable bonds is 4. The molecule has 2 aromatic rings. The zero-order chi connectivity index (χ0) is 19.8. The van der Waals surface area contributed by atoms with Gasteiger partial charge in [0.1, 0.15) is 5.75 Å². The molecule has 0 fully saturated rings. The van der Waals surface area contributed by atoms with E-state index in [4.69, 9.17) is 29.2 Å². The van der Waals surface area contributed by atoms with Gasteiger partial charge in [-0.05, 0) is 60.8 Å². The van der Waals surface area contributed by atoms with Crippen LogP contribution in [0.2, 0.25) is 0 Å². The number of nitrogens with one attached hydrogen (secondary N) is 4. The van der Waals surface area contributed by atoms with E-state index in [9.17, 15) is 9.59 Å². The topological polar surface area (TPSA) is 91.5 Å². The van der Waals surface area contributed by atoms with Crippen LogP contribution in [0.25, 0.3) is 0 Å². The van der Waals surface area contributed by atoms with Gasteiger partial charge >= 0.3 is 0 Å². The predicted octanol–water partition coefficient (Wildman–Crippen LogP) is 2.65. The summed E-state index contributed by atoms with van der Waals surface area (Å²) in [5, 5.41) is 11.2. The fourth-order valence-electron chi connectivity index (χ4n) is 2.12. The number of para-hydroxylation sites is 1. The second-order valence-corrected chi connectivity index (χ2v) is 6.14. The number of hydrogen-bond acceptors (Lipinski definition) is 5. The van der Waals surface area contributed by atoms with E-state index in [0.29, 0.717) is 22.7 Å². The number of anilines is 2. The Morgan fingerprint density at radius 1 is 0.852 bits per heavy atom. The van der Waals surface area contributed by atoms with Crippen molar-refractivity contribution in [2.75, 3.05) is 17.7 Å². The molecule has 140 valence electrons. The molecular weight excluding hydrogens is 384 g/mol. The molecule has 0 aliphatic rings. The van der Waals surface area contributed by atoms with Gasteiger partial charge in [-0.15, -0.1) is 0 Å². The van der Waals surface area contributed by atoms with Crippen LogP contribution < -0.4 is 26.0 Å². The van der Waals surface area contributed by atoms with E-state index >= 15 is 0 Å². The van der Waals surface area contributed by atoms with Crippen LogP contribution in [0.4, 0.5) is 11.4 Å². The maximum Gasteiger partial charge on any atom is 0.261 e. The van der Waals surface area contributed by atoms with Gasteiger partial charge in [-0.3, -0.25) is 14.9 Å². The zero-order valence-electron chi connectivity index (χ0n) is 14.7. The van der Waals surface area contributed by atoms with Crippen LogP contribution in [-0.2, 0) is 4.79 Å². The van der Waals surface area contributed by atoms with Crippen molar-refractivity contribution in [3.63, 3.8) is 0 Å². The number of ether oxygens (including phenoxy) is 1. The highest BCUT2D eigenvalue weighted by Crippen LogP contribution is 2.17. The Morgan fingerprint density at radius 3 is 1.89 bits per heavy atom. The molecule has 27 heavy (non-hydrogen) atoms. The number of methoxy groups -OCH3 is 1. The van der Waals surface area contributed by atoms with E-state index in [0.717, 1.165) is 0 Å². The lowest BCUT2D eigenvalue weighted by atomic mass is 10.2. The number of benzene rings is 2. The Hall–Kier alpha value is -3.04. The van der Waals surface area contributed by atoms with Gasteiger partial charge in [-0.1, -0.05) is 12.1 Å². The fourth-order valence-corrected chi connectivity index (χ4v) is 2.60. The monoisotopic (exact) mass is 402 g/mol. The van der Waals surface area contributed by atoms with Gasteiger partial charge in [0.15, 0.2) is 10.2 Å². The molecule has 4 N–H and O–H groups in total. The standard InChI is InChI=1S/C18H18N4O3S2/c1-11(23)19-17(26)20-12-7-9-13(10-8-12)21-18(27)22-16(24)14-5-3-4-6-15(14)25-2/h3-10H,1-2H3,(H2,19,20,23,26)(H2,21,22,24,27). The second kappa shape index (κ2) is 9.60. The molecule has 7 nitrogen and oxygen atoms in total. The van der Waals surface area contributed by atoms with Crippen LogP contribution >= 0.6 is 24.4 Å². The Morgan fingerprint density at radius 2 is 1.37 bits per heavy atom. The SMILES string of the molecule is COc1ccccc1C(=O)NC(=S)Nc1ccc(NC(=S)NC(C)=O)cc1. The summed E-state index contributed by atoms with van der Waals surface area (Å²) in [6.45, 7) is 1.38. The third kappa shape index (κ3) is 6.32. The molecule has 0 aromatic heterocycles. The van der Waals surface area contributed by atoms with Gasteiger partial charge in [0.05, 0.1) is 12.7 Å². The lowest BCUT2D eigenvalue weighted by Crippen LogP contribution is -2.34. The normalized spacial score (nSPS) is 9.70. The number of amides is 2. The Bertz CT molecular complexity index is 869. The first-order valence-corrected chi connectivity index (χ1v) is 8.64. The van der Waals surface area contributed by atoms with E-state index in [1.165, 1.54) is 14.0 Å². The average Bonchev–Trinajstić information content (AvgIpc) is 2.62. The molecule has 0 aliphatic heterocycles. The zero-order valence-corrected chi connectivity index (χ0v) is 16.3. The molecule has 0 heterocycles. The molecule has 0 unspecified atom stereocenters. The summed E-state index contributed by atoms with van der Waals surface area (Å²) in [5.74, 6) is -0.158. The number of hydrogen-bond donors (Lipinski definition) is 4. The molecule has 0 atom stereocenters. The molecule has 2 rings (SSSR count). The largest absolute Gasteiger partial charge is 0.496 e. The van der Waals surface area contributed by atoms with Crippen molar-refractivity contribution in [2.45, 2.75) is 6.92 Å². The molecule has 0 radical (unpaired) electrons. The second-order valence-electron chi connectivity index (χ2n) is 5.32. The number of thiocarbonyl (C=S) groups is 2. The Balaban J connectivity index is 1.93. The molecule has 9 heteroatoms. The van der Waals surface area contributed by atoms with Crippen LogP contribution in [0, 0.1) is 0 Å². The lowest BCUT2D eigenvalue weighted by Gasteiger charge is -2.12. The van der Waals surface area contributed by atoms with Crippen molar-refractivity contribution in [3.05, 3.63) is 54.1 Å². The molecule has 0 spiro atoms. The third-order valence-corrected chi connectivity index (χ3v) is 3.68. The highest BCUT2D eigenvalue weighted by atomic mass is 32.1. The van der Waals surface area contributed by atoms with Gasteiger partial charge in [0.2, 0.25) is 5.91 Å². The number of carbonyl (C=O) groups excluding carboxylic acids is 2. The van der Waals surface area contributed by atoms with Crippen LogP contribution in [0.1, 0.15) is 17.3 Å². The Kier molecular flexibility index (Phi) is 7.21. The first-order valence-electron chi connectivity index (χ1n) is 7.83. The molecule has 0 saturated carbocycles. The summed E-state index contributed by atoms with van der Waals surface area (Å²) in [5.41, 5.74) is 1.76. The summed E-state index contributed by atoms with van der Waals surface area (Å²) in [6, 6.07) is 13.9. The smallest absolute Gasteiger partial charge is 0.261 e. The van der Waals surface area contributed by atoms with Crippen molar-refractivity contribution >= 4 is 57.8 Å². The van der Waals surface area contributed by atoms with Crippen molar-refractivity contribution in [1.82, 2.24) is 10.6 Å². The van der Waals surface area contributed by atoms with Crippen molar-refractivity contribution in [3.8, 4) is 5.75 Å². The van der Waals surface area contributed by atoms with E-state index in [1.807, 2.05) is 0 Å². The molecule has 0 saturated heterocycles.